The highest BCUT2D eigenvalue weighted by Gasteiger charge is 2.18. The molecule has 0 unspecified atom stereocenters. The second-order valence-electron chi connectivity index (χ2n) is 5.48. The summed E-state index contributed by atoms with van der Waals surface area (Å²) >= 11 is 1.42. The Bertz CT molecular complexity index is 921. The molecule has 0 atom stereocenters. The number of carbonyl (C=O) groups excluding carboxylic acids is 1. The number of benzene rings is 2. The number of aromatic nitrogens is 2. The summed E-state index contributed by atoms with van der Waals surface area (Å²) in [6, 6.07) is 13.0. The number of ether oxygens (including phenoxy) is 3. The maximum Gasteiger partial charge on any atom is 0.322 e. The zero-order chi connectivity index (χ0) is 19.9. The van der Waals surface area contributed by atoms with E-state index in [0.717, 1.165) is 4.90 Å². The van der Waals surface area contributed by atoms with Gasteiger partial charge < -0.3 is 18.6 Å². The first-order chi connectivity index (χ1) is 13.6. The topological polar surface area (TPSA) is 95.7 Å². The van der Waals surface area contributed by atoms with Gasteiger partial charge >= 0.3 is 6.01 Å². The number of nitrogens with zero attached hydrogens (tertiary/aromatic N) is 2. The Kier molecular flexibility index (Phi) is 6.38. The lowest BCUT2D eigenvalue weighted by Crippen LogP contribution is -2.14. The molecule has 0 bridgehead atoms. The fraction of sp³-hybridized carbons (Fsp3) is 0.211. The standard InChI is InChI=1S/C19H19N3O5S/c1-24-14-9-12(10-15(25-2)17(14)26-3)18-21-22-19(27-18)20-16(23)11-28-13-7-5-4-6-8-13/h4-10H,11H2,1-3H3,(H,20,22,23). The van der Waals surface area contributed by atoms with Crippen molar-refractivity contribution in [2.24, 2.45) is 0 Å². The lowest BCUT2D eigenvalue weighted by Gasteiger charge is -2.12. The summed E-state index contributed by atoms with van der Waals surface area (Å²) in [6.07, 6.45) is 0. The van der Waals surface area contributed by atoms with E-state index in [0.29, 0.717) is 22.8 Å². The van der Waals surface area contributed by atoms with E-state index < -0.39 is 0 Å². The molecular formula is C19H19N3O5S. The van der Waals surface area contributed by atoms with E-state index in [1.54, 1.807) is 12.1 Å². The second-order valence-corrected chi connectivity index (χ2v) is 6.53. The molecular weight excluding hydrogens is 382 g/mol. The maximum absolute atomic E-state index is 12.1. The lowest BCUT2D eigenvalue weighted by molar-refractivity contribution is -0.113. The van der Waals surface area contributed by atoms with Crippen molar-refractivity contribution in [3.63, 3.8) is 0 Å². The molecule has 1 N–H and O–H groups in total. The number of thioether (sulfide) groups is 1. The monoisotopic (exact) mass is 401 g/mol. The summed E-state index contributed by atoms with van der Waals surface area (Å²) in [5.41, 5.74) is 0.571. The van der Waals surface area contributed by atoms with Crippen LogP contribution in [0, 0.1) is 0 Å². The first-order valence-electron chi connectivity index (χ1n) is 8.26. The predicted octanol–water partition coefficient (Wildman–Crippen LogP) is 3.49. The highest BCUT2D eigenvalue weighted by Crippen LogP contribution is 2.41. The number of nitrogens with one attached hydrogen (secondary N) is 1. The summed E-state index contributed by atoms with van der Waals surface area (Å²) in [6.45, 7) is 0. The highest BCUT2D eigenvalue weighted by molar-refractivity contribution is 8.00. The molecule has 0 aliphatic carbocycles. The molecule has 28 heavy (non-hydrogen) atoms. The van der Waals surface area contributed by atoms with Crippen LogP contribution in [0.25, 0.3) is 11.5 Å². The Morgan fingerprint density at radius 3 is 2.32 bits per heavy atom. The third-order valence-corrected chi connectivity index (χ3v) is 4.71. The first-order valence-corrected chi connectivity index (χ1v) is 9.24. The smallest absolute Gasteiger partial charge is 0.322 e. The van der Waals surface area contributed by atoms with Gasteiger partial charge in [0.2, 0.25) is 17.5 Å². The first kappa shape index (κ1) is 19.6. The normalized spacial score (nSPS) is 10.4. The van der Waals surface area contributed by atoms with Gasteiger partial charge in [0.1, 0.15) is 0 Å². The molecule has 0 fully saturated rings. The summed E-state index contributed by atoms with van der Waals surface area (Å²) in [5.74, 6) is 1.57. The van der Waals surface area contributed by atoms with Gasteiger partial charge in [-0.05, 0) is 24.3 Å². The molecule has 3 rings (SSSR count). The number of methoxy groups -OCH3 is 3. The second kappa shape index (κ2) is 9.14. The van der Waals surface area contributed by atoms with Crippen molar-refractivity contribution < 1.29 is 23.4 Å². The van der Waals surface area contributed by atoms with E-state index in [1.807, 2.05) is 30.3 Å². The van der Waals surface area contributed by atoms with Gasteiger partial charge in [-0.2, -0.15) is 0 Å². The maximum atomic E-state index is 12.1. The average molecular weight is 401 g/mol. The van der Waals surface area contributed by atoms with Crippen LogP contribution in [0.4, 0.5) is 6.01 Å². The van der Waals surface area contributed by atoms with Crippen LogP contribution >= 0.6 is 11.8 Å². The summed E-state index contributed by atoms with van der Waals surface area (Å²) in [7, 11) is 4.56. The van der Waals surface area contributed by atoms with Gasteiger partial charge in [-0.3, -0.25) is 10.1 Å². The van der Waals surface area contributed by atoms with Crippen molar-refractivity contribution in [2.45, 2.75) is 4.90 Å². The molecule has 1 aromatic heterocycles. The highest BCUT2D eigenvalue weighted by atomic mass is 32.2. The number of amides is 1. The van der Waals surface area contributed by atoms with Gasteiger partial charge in [-0.1, -0.05) is 23.3 Å². The number of carbonyl (C=O) groups is 1. The van der Waals surface area contributed by atoms with Crippen LogP contribution < -0.4 is 19.5 Å². The van der Waals surface area contributed by atoms with Crippen molar-refractivity contribution in [1.82, 2.24) is 10.2 Å². The Balaban J connectivity index is 1.70. The van der Waals surface area contributed by atoms with Gasteiger partial charge in [-0.25, -0.2) is 0 Å². The SMILES string of the molecule is COc1cc(-c2nnc(NC(=O)CSc3ccccc3)o2)cc(OC)c1OC. The molecule has 0 spiro atoms. The molecule has 1 heterocycles. The molecule has 0 saturated carbocycles. The number of hydrogen-bond donors (Lipinski definition) is 1. The van der Waals surface area contributed by atoms with E-state index in [1.165, 1.54) is 33.1 Å². The average Bonchev–Trinajstić information content (AvgIpc) is 3.20. The van der Waals surface area contributed by atoms with Crippen LogP contribution in [0.2, 0.25) is 0 Å². The summed E-state index contributed by atoms with van der Waals surface area (Å²) in [4.78, 5) is 13.1. The molecule has 8 nitrogen and oxygen atoms in total. The Labute approximate surface area is 166 Å². The van der Waals surface area contributed by atoms with Crippen LogP contribution in [-0.2, 0) is 4.79 Å². The minimum Gasteiger partial charge on any atom is -0.493 e. The van der Waals surface area contributed by atoms with Crippen LogP contribution in [0.3, 0.4) is 0 Å². The quantitative estimate of drug-likeness (QED) is 0.573. The van der Waals surface area contributed by atoms with Gasteiger partial charge in [-0.15, -0.1) is 16.9 Å². The van der Waals surface area contributed by atoms with Crippen molar-refractivity contribution in [2.75, 3.05) is 32.4 Å². The van der Waals surface area contributed by atoms with Crippen molar-refractivity contribution in [3.05, 3.63) is 42.5 Å². The summed E-state index contributed by atoms with van der Waals surface area (Å²) < 4.78 is 21.5. The number of hydrogen-bond acceptors (Lipinski definition) is 8. The third kappa shape index (κ3) is 4.55. The third-order valence-electron chi connectivity index (χ3n) is 3.70. The minimum absolute atomic E-state index is 0.0161. The van der Waals surface area contributed by atoms with Gasteiger partial charge in [0.05, 0.1) is 27.1 Å². The molecule has 0 aliphatic heterocycles. The van der Waals surface area contributed by atoms with E-state index in [9.17, 15) is 4.79 Å². The number of rotatable bonds is 8. The van der Waals surface area contributed by atoms with Crippen LogP contribution in [0.1, 0.15) is 0 Å². The molecule has 146 valence electrons. The van der Waals surface area contributed by atoms with Gasteiger partial charge in [0.25, 0.3) is 0 Å². The van der Waals surface area contributed by atoms with Crippen molar-refractivity contribution >= 4 is 23.7 Å². The molecule has 2 aromatic carbocycles. The van der Waals surface area contributed by atoms with Crippen LogP contribution in [-0.4, -0.2) is 43.2 Å². The van der Waals surface area contributed by atoms with Crippen LogP contribution in [0.15, 0.2) is 51.8 Å². The Morgan fingerprint density at radius 2 is 1.71 bits per heavy atom. The molecule has 9 heteroatoms. The van der Waals surface area contributed by atoms with E-state index in [-0.39, 0.29) is 23.6 Å². The Hall–Kier alpha value is -3.20. The predicted molar refractivity (Wildman–Crippen MR) is 105 cm³/mol. The van der Waals surface area contributed by atoms with Crippen molar-refractivity contribution in [1.29, 1.82) is 0 Å². The largest absolute Gasteiger partial charge is 0.493 e. The fourth-order valence-corrected chi connectivity index (χ4v) is 3.14. The minimum atomic E-state index is -0.242. The molecule has 0 saturated heterocycles. The van der Waals surface area contributed by atoms with E-state index in [2.05, 4.69) is 15.5 Å². The summed E-state index contributed by atoms with van der Waals surface area (Å²) in [5, 5.41) is 10.4. The fourth-order valence-electron chi connectivity index (χ4n) is 2.42. The zero-order valence-corrected chi connectivity index (χ0v) is 16.4. The van der Waals surface area contributed by atoms with E-state index in [4.69, 9.17) is 18.6 Å². The Morgan fingerprint density at radius 1 is 1.04 bits per heavy atom. The van der Waals surface area contributed by atoms with E-state index >= 15 is 0 Å². The zero-order valence-electron chi connectivity index (χ0n) is 15.6. The lowest BCUT2D eigenvalue weighted by atomic mass is 10.2. The molecule has 0 aliphatic rings. The van der Waals surface area contributed by atoms with Gasteiger partial charge in [0, 0.05) is 10.5 Å². The molecule has 0 radical (unpaired) electrons. The van der Waals surface area contributed by atoms with Gasteiger partial charge in [0.15, 0.2) is 11.5 Å². The number of anilines is 1. The van der Waals surface area contributed by atoms with Crippen molar-refractivity contribution in [3.8, 4) is 28.7 Å². The molecule has 1 amide bonds. The molecule has 3 aromatic rings. The van der Waals surface area contributed by atoms with Crippen LogP contribution in [0.5, 0.6) is 17.2 Å².